The molecule has 6 nitrogen and oxygen atoms in total. The number of carbonyl (C=O) groups is 1. The average Bonchev–Trinajstić information content (AvgIpc) is 2.52. The van der Waals surface area contributed by atoms with Crippen LogP contribution >= 0.6 is 0 Å². The average molecular weight is 316 g/mol. The third-order valence-electron chi connectivity index (χ3n) is 4.08. The lowest BCUT2D eigenvalue weighted by Gasteiger charge is -2.21. The van der Waals surface area contributed by atoms with E-state index in [1.807, 2.05) is 13.0 Å². The van der Waals surface area contributed by atoms with E-state index in [9.17, 15) is 9.59 Å². The lowest BCUT2D eigenvalue weighted by Crippen LogP contribution is -2.37. The third-order valence-corrected chi connectivity index (χ3v) is 4.08. The van der Waals surface area contributed by atoms with Crippen molar-refractivity contribution in [1.29, 1.82) is 0 Å². The Bertz CT molecular complexity index is 767. The molecule has 2 rings (SSSR count). The van der Waals surface area contributed by atoms with Crippen LogP contribution in [0.2, 0.25) is 0 Å². The van der Waals surface area contributed by atoms with Crippen LogP contribution in [-0.2, 0) is 0 Å². The smallest absolute Gasteiger partial charge is 0.270 e. The number of carbonyl (C=O) groups excluding carboxylic acids is 1. The van der Waals surface area contributed by atoms with Crippen LogP contribution in [0.1, 0.15) is 36.2 Å². The van der Waals surface area contributed by atoms with Gasteiger partial charge in [0.25, 0.3) is 11.5 Å². The van der Waals surface area contributed by atoms with Gasteiger partial charge in [-0.3, -0.25) is 14.0 Å². The van der Waals surface area contributed by atoms with E-state index in [0.717, 1.165) is 5.56 Å². The normalized spacial score (nSPS) is 12.6. The first-order valence-corrected chi connectivity index (χ1v) is 7.80. The van der Waals surface area contributed by atoms with E-state index < -0.39 is 0 Å². The van der Waals surface area contributed by atoms with Crippen molar-refractivity contribution >= 4 is 11.6 Å². The van der Waals surface area contributed by atoms with Gasteiger partial charge in [0.15, 0.2) is 0 Å². The molecule has 2 N–H and O–H groups in total. The highest BCUT2D eigenvalue weighted by Gasteiger charge is 2.18. The van der Waals surface area contributed by atoms with Crippen molar-refractivity contribution in [1.82, 2.24) is 14.3 Å². The molecule has 2 heterocycles. The predicted molar refractivity (Wildman–Crippen MR) is 90.6 cm³/mol. The van der Waals surface area contributed by atoms with Gasteiger partial charge in [-0.25, -0.2) is 4.98 Å². The standard InChI is InChI=1S/C17H24N4O2/c1-11(2)14(18)7-8-20(4)16(22)13-9-19-15-6-5-12(3)10-21(15)17(13)23/h5-6,9-11,14H,7-8,18H2,1-4H3. The number of rotatable bonds is 5. The van der Waals surface area contributed by atoms with E-state index in [0.29, 0.717) is 24.5 Å². The molecule has 0 bridgehead atoms. The number of aryl methyl sites for hydroxylation is 1. The molecule has 0 aliphatic rings. The minimum absolute atomic E-state index is 0.0312. The number of pyridine rings is 1. The maximum Gasteiger partial charge on any atom is 0.270 e. The number of hydrogen-bond donors (Lipinski definition) is 1. The van der Waals surface area contributed by atoms with Crippen LogP contribution in [0.4, 0.5) is 0 Å². The summed E-state index contributed by atoms with van der Waals surface area (Å²) in [4.78, 5) is 30.8. The van der Waals surface area contributed by atoms with E-state index in [1.165, 1.54) is 15.5 Å². The zero-order valence-electron chi connectivity index (χ0n) is 14.1. The Morgan fingerprint density at radius 1 is 1.39 bits per heavy atom. The Morgan fingerprint density at radius 3 is 2.74 bits per heavy atom. The van der Waals surface area contributed by atoms with Crippen LogP contribution in [0.3, 0.4) is 0 Å². The van der Waals surface area contributed by atoms with Gasteiger partial charge >= 0.3 is 0 Å². The van der Waals surface area contributed by atoms with Crippen molar-refractivity contribution in [2.24, 2.45) is 11.7 Å². The fraction of sp³-hybridized carbons (Fsp3) is 0.471. The van der Waals surface area contributed by atoms with Crippen LogP contribution in [0, 0.1) is 12.8 Å². The quantitative estimate of drug-likeness (QED) is 0.905. The summed E-state index contributed by atoms with van der Waals surface area (Å²) in [5, 5.41) is 0. The van der Waals surface area contributed by atoms with Crippen LogP contribution in [0.15, 0.2) is 29.3 Å². The second-order valence-electron chi connectivity index (χ2n) is 6.33. The number of aromatic nitrogens is 2. The number of nitrogens with zero attached hydrogens (tertiary/aromatic N) is 3. The molecule has 2 aromatic heterocycles. The van der Waals surface area contributed by atoms with Crippen LogP contribution in [0.25, 0.3) is 5.65 Å². The van der Waals surface area contributed by atoms with Crippen molar-refractivity contribution in [3.8, 4) is 0 Å². The van der Waals surface area contributed by atoms with Crippen molar-refractivity contribution in [3.63, 3.8) is 0 Å². The zero-order valence-corrected chi connectivity index (χ0v) is 14.1. The van der Waals surface area contributed by atoms with Gasteiger partial charge < -0.3 is 10.6 Å². The minimum atomic E-state index is -0.344. The maximum atomic E-state index is 12.5. The molecule has 0 aromatic carbocycles. The summed E-state index contributed by atoms with van der Waals surface area (Å²) in [7, 11) is 1.68. The molecular formula is C17H24N4O2. The van der Waals surface area contributed by atoms with E-state index in [4.69, 9.17) is 5.73 Å². The monoisotopic (exact) mass is 316 g/mol. The van der Waals surface area contributed by atoms with Crippen LogP contribution in [0.5, 0.6) is 0 Å². The maximum absolute atomic E-state index is 12.5. The Morgan fingerprint density at radius 2 is 2.09 bits per heavy atom. The van der Waals surface area contributed by atoms with E-state index in [-0.39, 0.29) is 23.1 Å². The first-order valence-electron chi connectivity index (χ1n) is 7.80. The molecule has 0 saturated heterocycles. The highest BCUT2D eigenvalue weighted by Crippen LogP contribution is 2.06. The molecule has 0 spiro atoms. The number of hydrogen-bond acceptors (Lipinski definition) is 4. The summed E-state index contributed by atoms with van der Waals surface area (Å²) in [5.74, 6) is 0.0313. The van der Waals surface area contributed by atoms with Gasteiger partial charge in [-0.1, -0.05) is 19.9 Å². The van der Waals surface area contributed by atoms with E-state index in [2.05, 4.69) is 18.8 Å². The number of nitrogens with two attached hydrogens (primary N) is 1. The third kappa shape index (κ3) is 3.76. The van der Waals surface area contributed by atoms with Gasteiger partial charge in [0.05, 0.1) is 0 Å². The number of amides is 1. The highest BCUT2D eigenvalue weighted by molar-refractivity contribution is 5.93. The Kier molecular flexibility index (Phi) is 5.15. The van der Waals surface area contributed by atoms with Crippen molar-refractivity contribution < 1.29 is 4.79 Å². The van der Waals surface area contributed by atoms with Crippen molar-refractivity contribution in [3.05, 3.63) is 46.0 Å². The lowest BCUT2D eigenvalue weighted by atomic mass is 10.0. The summed E-state index contributed by atoms with van der Waals surface area (Å²) in [6.07, 6.45) is 3.74. The molecule has 23 heavy (non-hydrogen) atoms. The first-order chi connectivity index (χ1) is 10.8. The van der Waals surface area contributed by atoms with E-state index >= 15 is 0 Å². The first kappa shape index (κ1) is 17.1. The molecule has 0 aliphatic heterocycles. The van der Waals surface area contributed by atoms with Gasteiger partial charge in [-0.15, -0.1) is 0 Å². The van der Waals surface area contributed by atoms with Crippen molar-refractivity contribution in [2.75, 3.05) is 13.6 Å². The molecule has 0 saturated carbocycles. The largest absolute Gasteiger partial charge is 0.341 e. The molecule has 1 unspecified atom stereocenters. The molecule has 0 aliphatic carbocycles. The number of fused-ring (bicyclic) bond motifs is 1. The summed E-state index contributed by atoms with van der Waals surface area (Å²) in [6.45, 7) is 6.50. The highest BCUT2D eigenvalue weighted by atomic mass is 16.2. The molecular weight excluding hydrogens is 292 g/mol. The Balaban J connectivity index is 2.24. The molecule has 1 amide bonds. The molecule has 6 heteroatoms. The fourth-order valence-corrected chi connectivity index (χ4v) is 2.31. The van der Waals surface area contributed by atoms with Crippen molar-refractivity contribution in [2.45, 2.75) is 33.2 Å². The van der Waals surface area contributed by atoms with Gasteiger partial charge in [0.2, 0.25) is 0 Å². The topological polar surface area (TPSA) is 80.7 Å². The van der Waals surface area contributed by atoms with Gasteiger partial charge in [0, 0.05) is 32.0 Å². The lowest BCUT2D eigenvalue weighted by molar-refractivity contribution is 0.0787. The predicted octanol–water partition coefficient (Wildman–Crippen LogP) is 1.45. The van der Waals surface area contributed by atoms with E-state index in [1.54, 1.807) is 19.3 Å². The second kappa shape index (κ2) is 6.91. The van der Waals surface area contributed by atoms with Crippen LogP contribution < -0.4 is 11.3 Å². The molecule has 0 radical (unpaired) electrons. The SMILES string of the molecule is Cc1ccc2ncc(C(=O)N(C)CCC(N)C(C)C)c(=O)n2c1. The van der Waals surface area contributed by atoms with Gasteiger partial charge in [-0.05, 0) is 30.9 Å². The fourth-order valence-electron chi connectivity index (χ4n) is 2.31. The molecule has 1 atom stereocenters. The Hall–Kier alpha value is -2.21. The van der Waals surface area contributed by atoms with Gasteiger partial charge in [0.1, 0.15) is 11.2 Å². The summed E-state index contributed by atoms with van der Waals surface area (Å²) in [6, 6.07) is 3.67. The molecule has 0 fully saturated rings. The van der Waals surface area contributed by atoms with Crippen LogP contribution in [-0.4, -0.2) is 39.8 Å². The summed E-state index contributed by atoms with van der Waals surface area (Å²) < 4.78 is 1.41. The molecule has 124 valence electrons. The zero-order chi connectivity index (χ0) is 17.1. The minimum Gasteiger partial charge on any atom is -0.341 e. The van der Waals surface area contributed by atoms with Gasteiger partial charge in [-0.2, -0.15) is 0 Å². The second-order valence-corrected chi connectivity index (χ2v) is 6.33. The molecule has 2 aromatic rings. The summed E-state index contributed by atoms with van der Waals surface area (Å²) >= 11 is 0. The Labute approximate surface area is 135 Å². The summed E-state index contributed by atoms with van der Waals surface area (Å²) in [5.41, 5.74) is 7.20.